The number of ether oxygens (including phenoxy) is 4. The summed E-state index contributed by atoms with van der Waals surface area (Å²) in [5.41, 5.74) is 0.204. The summed E-state index contributed by atoms with van der Waals surface area (Å²) in [6, 6.07) is 4.67. The second kappa shape index (κ2) is 8.04. The maximum atomic E-state index is 11.8. The molecule has 0 fully saturated rings. The van der Waals surface area contributed by atoms with Gasteiger partial charge in [-0.2, -0.15) is 0 Å². The van der Waals surface area contributed by atoms with E-state index in [0.717, 1.165) is 0 Å². The molecule has 1 aromatic carbocycles. The molecule has 0 saturated carbocycles. The van der Waals surface area contributed by atoms with Gasteiger partial charge in [-0.1, -0.05) is 0 Å². The fourth-order valence-corrected chi connectivity index (χ4v) is 1.47. The quantitative estimate of drug-likeness (QED) is 0.710. The number of carbonyl (C=O) groups is 2. The molecular formula is C14H18O6. The van der Waals surface area contributed by atoms with Crippen molar-refractivity contribution in [1.29, 1.82) is 0 Å². The summed E-state index contributed by atoms with van der Waals surface area (Å²) in [7, 11) is 1.49. The molecule has 6 heteroatoms. The van der Waals surface area contributed by atoms with Gasteiger partial charge in [-0.25, -0.2) is 9.59 Å². The Morgan fingerprint density at radius 2 is 1.80 bits per heavy atom. The van der Waals surface area contributed by atoms with Crippen LogP contribution in [0.1, 0.15) is 24.2 Å². The van der Waals surface area contributed by atoms with Gasteiger partial charge in [0, 0.05) is 0 Å². The van der Waals surface area contributed by atoms with Crippen molar-refractivity contribution in [3.05, 3.63) is 23.8 Å². The van der Waals surface area contributed by atoms with E-state index in [0.29, 0.717) is 5.75 Å². The van der Waals surface area contributed by atoms with Gasteiger partial charge in [0.25, 0.3) is 0 Å². The fourth-order valence-electron chi connectivity index (χ4n) is 1.47. The summed E-state index contributed by atoms with van der Waals surface area (Å²) < 4.78 is 20.0. The molecule has 1 aromatic rings. The first-order chi connectivity index (χ1) is 9.62. The van der Waals surface area contributed by atoms with Gasteiger partial charge in [0.2, 0.25) is 0 Å². The van der Waals surface area contributed by atoms with Gasteiger partial charge < -0.3 is 18.9 Å². The number of esters is 2. The molecule has 0 aliphatic rings. The molecule has 0 saturated heterocycles. The number of methoxy groups -OCH3 is 1. The molecule has 110 valence electrons. The maximum absolute atomic E-state index is 11.8. The molecule has 0 spiro atoms. The van der Waals surface area contributed by atoms with Crippen molar-refractivity contribution >= 4 is 11.9 Å². The monoisotopic (exact) mass is 282 g/mol. The van der Waals surface area contributed by atoms with Crippen LogP contribution in [0.15, 0.2) is 18.2 Å². The van der Waals surface area contributed by atoms with Crippen LogP contribution in [0.4, 0.5) is 0 Å². The summed E-state index contributed by atoms with van der Waals surface area (Å²) in [5, 5.41) is 0. The lowest BCUT2D eigenvalue weighted by Gasteiger charge is -2.11. The molecule has 0 bridgehead atoms. The third kappa shape index (κ3) is 4.46. The van der Waals surface area contributed by atoms with Gasteiger partial charge in [-0.05, 0) is 32.0 Å². The SMILES string of the molecule is CCOC(=O)COc1ccc(OC)cc1C(=O)OCC. The molecule has 0 unspecified atom stereocenters. The first kappa shape index (κ1) is 15.8. The zero-order valence-corrected chi connectivity index (χ0v) is 11.8. The van der Waals surface area contributed by atoms with Crippen LogP contribution >= 0.6 is 0 Å². The molecule has 0 aliphatic carbocycles. The molecule has 1 rings (SSSR count). The lowest BCUT2D eigenvalue weighted by atomic mass is 10.2. The molecule has 0 N–H and O–H groups in total. The van der Waals surface area contributed by atoms with Gasteiger partial charge in [-0.15, -0.1) is 0 Å². The predicted octanol–water partition coefficient (Wildman–Crippen LogP) is 1.81. The lowest BCUT2D eigenvalue weighted by molar-refractivity contribution is -0.145. The summed E-state index contributed by atoms with van der Waals surface area (Å²) in [6.45, 7) is 3.65. The first-order valence-corrected chi connectivity index (χ1v) is 6.25. The Morgan fingerprint density at radius 3 is 2.40 bits per heavy atom. The Balaban J connectivity index is 2.88. The molecule has 0 heterocycles. The fraction of sp³-hybridized carbons (Fsp3) is 0.429. The van der Waals surface area contributed by atoms with E-state index >= 15 is 0 Å². The van der Waals surface area contributed by atoms with E-state index in [1.807, 2.05) is 0 Å². The van der Waals surface area contributed by atoms with E-state index in [-0.39, 0.29) is 31.1 Å². The van der Waals surface area contributed by atoms with Crippen molar-refractivity contribution in [2.45, 2.75) is 13.8 Å². The highest BCUT2D eigenvalue weighted by Crippen LogP contribution is 2.25. The number of rotatable bonds is 7. The normalized spacial score (nSPS) is 9.75. The highest BCUT2D eigenvalue weighted by atomic mass is 16.6. The molecule has 0 aromatic heterocycles. The Bertz CT molecular complexity index is 469. The van der Waals surface area contributed by atoms with Crippen molar-refractivity contribution in [3.63, 3.8) is 0 Å². The zero-order chi connectivity index (χ0) is 15.0. The van der Waals surface area contributed by atoms with Crippen LogP contribution in [0.5, 0.6) is 11.5 Å². The standard InChI is InChI=1S/C14H18O6/c1-4-18-13(15)9-20-12-7-6-10(17-3)8-11(12)14(16)19-5-2/h6-8H,4-5,9H2,1-3H3. The minimum Gasteiger partial charge on any atom is -0.497 e. The third-order valence-electron chi connectivity index (χ3n) is 2.33. The number of carbonyl (C=O) groups excluding carboxylic acids is 2. The van der Waals surface area contributed by atoms with E-state index in [4.69, 9.17) is 18.9 Å². The molecule has 0 amide bonds. The molecule has 0 radical (unpaired) electrons. The van der Waals surface area contributed by atoms with Crippen molar-refractivity contribution in [2.75, 3.05) is 26.9 Å². The van der Waals surface area contributed by atoms with E-state index in [1.165, 1.54) is 13.2 Å². The average Bonchev–Trinajstić information content (AvgIpc) is 2.45. The van der Waals surface area contributed by atoms with Crippen LogP contribution in [0.3, 0.4) is 0 Å². The lowest BCUT2D eigenvalue weighted by Crippen LogP contribution is -2.16. The van der Waals surface area contributed by atoms with Gasteiger partial charge >= 0.3 is 11.9 Å². The van der Waals surface area contributed by atoms with Crippen LogP contribution < -0.4 is 9.47 Å². The Labute approximate surface area is 117 Å². The summed E-state index contributed by atoms with van der Waals surface area (Å²) in [5.74, 6) is -0.294. The summed E-state index contributed by atoms with van der Waals surface area (Å²) >= 11 is 0. The minimum atomic E-state index is -0.537. The number of hydrogen-bond acceptors (Lipinski definition) is 6. The minimum absolute atomic E-state index is 0.204. The second-order valence-electron chi connectivity index (χ2n) is 3.68. The van der Waals surface area contributed by atoms with Crippen LogP contribution in [0.25, 0.3) is 0 Å². The van der Waals surface area contributed by atoms with Crippen LogP contribution in [-0.4, -0.2) is 38.9 Å². The highest BCUT2D eigenvalue weighted by Gasteiger charge is 2.16. The van der Waals surface area contributed by atoms with E-state index < -0.39 is 11.9 Å². The Kier molecular flexibility index (Phi) is 6.36. The van der Waals surface area contributed by atoms with Gasteiger partial charge in [0.15, 0.2) is 6.61 Å². The molecule has 0 aliphatic heterocycles. The topological polar surface area (TPSA) is 71.1 Å². The third-order valence-corrected chi connectivity index (χ3v) is 2.33. The Hall–Kier alpha value is -2.24. The zero-order valence-electron chi connectivity index (χ0n) is 11.8. The number of hydrogen-bond donors (Lipinski definition) is 0. The average molecular weight is 282 g/mol. The van der Waals surface area contributed by atoms with Crippen LogP contribution in [0.2, 0.25) is 0 Å². The van der Waals surface area contributed by atoms with Crippen molar-refractivity contribution < 1.29 is 28.5 Å². The van der Waals surface area contributed by atoms with Crippen LogP contribution in [0, 0.1) is 0 Å². The first-order valence-electron chi connectivity index (χ1n) is 6.25. The summed E-state index contributed by atoms with van der Waals surface area (Å²) in [4.78, 5) is 23.1. The Morgan fingerprint density at radius 1 is 1.10 bits per heavy atom. The predicted molar refractivity (Wildman–Crippen MR) is 71.1 cm³/mol. The second-order valence-corrected chi connectivity index (χ2v) is 3.68. The van der Waals surface area contributed by atoms with E-state index in [9.17, 15) is 9.59 Å². The molecular weight excluding hydrogens is 264 g/mol. The largest absolute Gasteiger partial charge is 0.497 e. The maximum Gasteiger partial charge on any atom is 0.344 e. The van der Waals surface area contributed by atoms with Crippen molar-refractivity contribution in [1.82, 2.24) is 0 Å². The molecule has 6 nitrogen and oxygen atoms in total. The van der Waals surface area contributed by atoms with Gasteiger partial charge in [0.1, 0.15) is 17.1 Å². The number of benzene rings is 1. The van der Waals surface area contributed by atoms with Gasteiger partial charge in [0.05, 0.1) is 20.3 Å². The summed E-state index contributed by atoms with van der Waals surface area (Å²) in [6.07, 6.45) is 0. The van der Waals surface area contributed by atoms with E-state index in [2.05, 4.69) is 0 Å². The van der Waals surface area contributed by atoms with E-state index in [1.54, 1.807) is 26.0 Å². The smallest absolute Gasteiger partial charge is 0.344 e. The molecule has 0 atom stereocenters. The van der Waals surface area contributed by atoms with Crippen molar-refractivity contribution in [3.8, 4) is 11.5 Å². The van der Waals surface area contributed by atoms with Crippen LogP contribution in [-0.2, 0) is 14.3 Å². The van der Waals surface area contributed by atoms with Gasteiger partial charge in [-0.3, -0.25) is 0 Å². The molecule has 20 heavy (non-hydrogen) atoms. The highest BCUT2D eigenvalue weighted by molar-refractivity contribution is 5.93. The van der Waals surface area contributed by atoms with Crippen molar-refractivity contribution in [2.24, 2.45) is 0 Å².